The van der Waals surface area contributed by atoms with Crippen molar-refractivity contribution in [2.75, 3.05) is 0 Å². The first kappa shape index (κ1) is 13.0. The highest BCUT2D eigenvalue weighted by Crippen LogP contribution is 2.35. The smallest absolute Gasteiger partial charge is 0.129 e. The van der Waals surface area contributed by atoms with Crippen molar-refractivity contribution in [1.82, 2.24) is 0 Å². The van der Waals surface area contributed by atoms with Crippen LogP contribution in [0.5, 0.6) is 0 Å². The third kappa shape index (κ3) is 2.55. The minimum absolute atomic E-state index is 0.350. The molecular formula is C12H10BrClFNS. The number of benzene rings is 1. The van der Waals surface area contributed by atoms with E-state index in [4.69, 9.17) is 17.3 Å². The van der Waals surface area contributed by atoms with E-state index >= 15 is 0 Å². The molecule has 1 heterocycles. The zero-order valence-corrected chi connectivity index (χ0v) is 12.2. The Labute approximate surface area is 117 Å². The molecule has 0 saturated carbocycles. The third-order valence-electron chi connectivity index (χ3n) is 2.49. The zero-order chi connectivity index (χ0) is 12.6. The lowest BCUT2D eigenvalue weighted by Crippen LogP contribution is -2.12. The van der Waals surface area contributed by atoms with Crippen LogP contribution in [-0.2, 0) is 0 Å². The molecule has 90 valence electrons. The fourth-order valence-electron chi connectivity index (χ4n) is 1.58. The van der Waals surface area contributed by atoms with E-state index in [1.54, 1.807) is 12.1 Å². The SMILES string of the molecule is Cc1sc(C(N)c2c(F)cccc2Cl)cc1Br. The zero-order valence-electron chi connectivity index (χ0n) is 9.01. The van der Waals surface area contributed by atoms with Gasteiger partial charge in [-0.05, 0) is 41.1 Å². The molecule has 0 spiro atoms. The number of nitrogens with two attached hydrogens (primary N) is 1. The van der Waals surface area contributed by atoms with E-state index in [2.05, 4.69) is 15.9 Å². The standard InChI is InChI=1S/C12H10BrClFNS/c1-6-7(13)5-10(17-6)12(16)11-8(14)3-2-4-9(11)15/h2-5,12H,16H2,1H3. The first-order valence-corrected chi connectivity index (χ1v) is 6.94. The molecule has 1 nitrogen and oxygen atoms in total. The first-order valence-electron chi connectivity index (χ1n) is 4.96. The van der Waals surface area contributed by atoms with Crippen molar-refractivity contribution in [2.24, 2.45) is 5.73 Å². The van der Waals surface area contributed by atoms with Crippen molar-refractivity contribution in [1.29, 1.82) is 0 Å². The fraction of sp³-hybridized carbons (Fsp3) is 0.167. The molecule has 0 aliphatic rings. The normalized spacial score (nSPS) is 12.8. The van der Waals surface area contributed by atoms with E-state index in [1.807, 2.05) is 13.0 Å². The maximum atomic E-state index is 13.7. The molecule has 1 aromatic heterocycles. The summed E-state index contributed by atoms with van der Waals surface area (Å²) < 4.78 is 14.7. The molecule has 0 radical (unpaired) electrons. The minimum atomic E-state index is -0.529. The number of hydrogen-bond donors (Lipinski definition) is 1. The Bertz CT molecular complexity index is 516. The van der Waals surface area contributed by atoms with Gasteiger partial charge in [0.2, 0.25) is 0 Å². The van der Waals surface area contributed by atoms with Crippen LogP contribution in [0.1, 0.15) is 21.4 Å². The summed E-state index contributed by atoms with van der Waals surface area (Å²) >= 11 is 11.0. The fourth-order valence-corrected chi connectivity index (χ4v) is 3.44. The van der Waals surface area contributed by atoms with Gasteiger partial charge in [0.25, 0.3) is 0 Å². The number of rotatable bonds is 2. The van der Waals surface area contributed by atoms with Gasteiger partial charge < -0.3 is 5.73 Å². The second-order valence-electron chi connectivity index (χ2n) is 3.67. The van der Waals surface area contributed by atoms with Gasteiger partial charge in [0, 0.05) is 24.8 Å². The lowest BCUT2D eigenvalue weighted by atomic mass is 10.1. The van der Waals surface area contributed by atoms with Crippen LogP contribution in [0.4, 0.5) is 4.39 Å². The summed E-state index contributed by atoms with van der Waals surface area (Å²) in [6.45, 7) is 1.98. The lowest BCUT2D eigenvalue weighted by molar-refractivity contribution is 0.601. The van der Waals surface area contributed by atoms with E-state index in [0.29, 0.717) is 10.6 Å². The molecule has 1 atom stereocenters. The van der Waals surface area contributed by atoms with E-state index in [-0.39, 0.29) is 5.82 Å². The first-order chi connectivity index (χ1) is 8.00. The van der Waals surface area contributed by atoms with Gasteiger partial charge >= 0.3 is 0 Å². The molecule has 0 aliphatic carbocycles. The van der Waals surface area contributed by atoms with Gasteiger partial charge in [0.15, 0.2) is 0 Å². The van der Waals surface area contributed by atoms with Gasteiger partial charge in [0.05, 0.1) is 6.04 Å². The van der Waals surface area contributed by atoms with Crippen LogP contribution in [0.25, 0.3) is 0 Å². The van der Waals surface area contributed by atoms with Crippen molar-refractivity contribution in [3.8, 4) is 0 Å². The van der Waals surface area contributed by atoms with E-state index in [9.17, 15) is 4.39 Å². The van der Waals surface area contributed by atoms with Gasteiger partial charge in [-0.2, -0.15) is 0 Å². The molecule has 5 heteroatoms. The highest BCUT2D eigenvalue weighted by Gasteiger charge is 2.19. The maximum absolute atomic E-state index is 13.7. The topological polar surface area (TPSA) is 26.0 Å². The number of thiophene rings is 1. The van der Waals surface area contributed by atoms with Crippen LogP contribution >= 0.6 is 38.9 Å². The van der Waals surface area contributed by atoms with Crippen molar-refractivity contribution in [3.63, 3.8) is 0 Å². The molecule has 17 heavy (non-hydrogen) atoms. The van der Waals surface area contributed by atoms with Gasteiger partial charge in [0.1, 0.15) is 5.82 Å². The molecule has 2 N–H and O–H groups in total. The monoisotopic (exact) mass is 333 g/mol. The number of hydrogen-bond acceptors (Lipinski definition) is 2. The summed E-state index contributed by atoms with van der Waals surface area (Å²) in [5.41, 5.74) is 6.42. The lowest BCUT2D eigenvalue weighted by Gasteiger charge is -2.12. The van der Waals surface area contributed by atoms with Crippen LogP contribution < -0.4 is 5.73 Å². The molecule has 1 aromatic carbocycles. The molecule has 0 bridgehead atoms. The Morgan fingerprint density at radius 3 is 2.71 bits per heavy atom. The van der Waals surface area contributed by atoms with E-state index < -0.39 is 6.04 Å². The summed E-state index contributed by atoms with van der Waals surface area (Å²) in [5, 5.41) is 0.361. The average molecular weight is 335 g/mol. The molecule has 1 unspecified atom stereocenters. The van der Waals surface area contributed by atoms with Crippen LogP contribution in [0.15, 0.2) is 28.7 Å². The van der Waals surface area contributed by atoms with E-state index in [1.165, 1.54) is 17.4 Å². The van der Waals surface area contributed by atoms with Crippen molar-refractivity contribution in [3.05, 3.63) is 54.9 Å². The molecule has 0 saturated heterocycles. The molecule has 0 amide bonds. The van der Waals surface area contributed by atoms with Crippen LogP contribution in [0.3, 0.4) is 0 Å². The predicted molar refractivity (Wildman–Crippen MR) is 74.2 cm³/mol. The summed E-state index contributed by atoms with van der Waals surface area (Å²) in [5.74, 6) is -0.368. The summed E-state index contributed by atoms with van der Waals surface area (Å²) in [6, 6.07) is 5.97. The third-order valence-corrected chi connectivity index (χ3v) is 5.04. The molecule has 2 aromatic rings. The molecular weight excluding hydrogens is 325 g/mol. The summed E-state index contributed by atoms with van der Waals surface area (Å²) in [7, 11) is 0. The molecule has 0 aliphatic heterocycles. The molecule has 2 rings (SSSR count). The van der Waals surface area contributed by atoms with Crippen LogP contribution in [0, 0.1) is 12.7 Å². The highest BCUT2D eigenvalue weighted by molar-refractivity contribution is 9.10. The quantitative estimate of drug-likeness (QED) is 0.849. The number of aryl methyl sites for hydroxylation is 1. The highest BCUT2D eigenvalue weighted by atomic mass is 79.9. The Hall–Kier alpha value is -0.420. The predicted octanol–water partition coefficient (Wildman–Crippen LogP) is 4.66. The van der Waals surface area contributed by atoms with Crippen molar-refractivity contribution < 1.29 is 4.39 Å². The Kier molecular flexibility index (Phi) is 3.88. The van der Waals surface area contributed by atoms with Crippen molar-refractivity contribution >= 4 is 38.9 Å². The van der Waals surface area contributed by atoms with Crippen molar-refractivity contribution in [2.45, 2.75) is 13.0 Å². The summed E-state index contributed by atoms with van der Waals surface area (Å²) in [6.07, 6.45) is 0. The maximum Gasteiger partial charge on any atom is 0.129 e. The number of halogens is 3. The second-order valence-corrected chi connectivity index (χ2v) is 6.22. The van der Waals surface area contributed by atoms with Crippen LogP contribution in [-0.4, -0.2) is 0 Å². The largest absolute Gasteiger partial charge is 0.319 e. The van der Waals surface area contributed by atoms with Gasteiger partial charge in [-0.1, -0.05) is 17.7 Å². The Morgan fingerprint density at radius 1 is 1.47 bits per heavy atom. The van der Waals surface area contributed by atoms with E-state index in [0.717, 1.165) is 14.2 Å². The second kappa shape index (κ2) is 5.06. The molecule has 0 fully saturated rings. The van der Waals surface area contributed by atoms with Gasteiger partial charge in [-0.25, -0.2) is 4.39 Å². The van der Waals surface area contributed by atoms with Gasteiger partial charge in [-0.15, -0.1) is 11.3 Å². The van der Waals surface area contributed by atoms with Crippen LogP contribution in [0.2, 0.25) is 5.02 Å². The Morgan fingerprint density at radius 2 is 2.18 bits per heavy atom. The average Bonchev–Trinajstić information content (AvgIpc) is 2.59. The summed E-state index contributed by atoms with van der Waals surface area (Å²) in [4.78, 5) is 2.00. The van der Waals surface area contributed by atoms with Gasteiger partial charge in [-0.3, -0.25) is 0 Å². The minimum Gasteiger partial charge on any atom is -0.319 e. The Balaban J connectivity index is 2.47.